The normalized spacial score (nSPS) is 14.0. The summed E-state index contributed by atoms with van der Waals surface area (Å²) in [5.41, 5.74) is 2.54. The van der Waals surface area contributed by atoms with Crippen molar-refractivity contribution in [1.29, 1.82) is 0 Å². The Hall–Kier alpha value is -3.85. The molecule has 0 saturated carbocycles. The molecule has 8 nitrogen and oxygen atoms in total. The predicted octanol–water partition coefficient (Wildman–Crippen LogP) is 4.18. The molecule has 172 valence electrons. The SMILES string of the molecule is CSCC[C@@H](NC(=O)c1ccc2c(c1)C(=O)N(Cc1ccco1)C2=O)c1nc2ccccc2[nH]1. The lowest BCUT2D eigenvalue weighted by atomic mass is 10.0. The minimum Gasteiger partial charge on any atom is -0.467 e. The van der Waals surface area contributed by atoms with Gasteiger partial charge in [-0.2, -0.15) is 11.8 Å². The van der Waals surface area contributed by atoms with Gasteiger partial charge in [0.25, 0.3) is 17.7 Å². The van der Waals surface area contributed by atoms with E-state index in [9.17, 15) is 14.4 Å². The molecule has 0 fully saturated rings. The predicted molar refractivity (Wildman–Crippen MR) is 129 cm³/mol. The molecule has 34 heavy (non-hydrogen) atoms. The third-order valence-corrected chi connectivity index (χ3v) is 6.42. The zero-order chi connectivity index (χ0) is 23.7. The molecule has 5 rings (SSSR count). The maximum Gasteiger partial charge on any atom is 0.261 e. The molecule has 0 bridgehead atoms. The largest absolute Gasteiger partial charge is 0.467 e. The number of furan rings is 1. The first-order valence-electron chi connectivity index (χ1n) is 10.8. The summed E-state index contributed by atoms with van der Waals surface area (Å²) >= 11 is 1.68. The number of para-hydroxylation sites is 2. The number of aromatic amines is 1. The van der Waals surface area contributed by atoms with Crippen molar-refractivity contribution in [3.05, 3.63) is 89.1 Å². The Balaban J connectivity index is 1.37. The molecule has 0 unspecified atom stereocenters. The molecule has 1 atom stereocenters. The van der Waals surface area contributed by atoms with Crippen LogP contribution in [0.1, 0.15) is 55.1 Å². The van der Waals surface area contributed by atoms with Crippen molar-refractivity contribution in [2.24, 2.45) is 0 Å². The van der Waals surface area contributed by atoms with Gasteiger partial charge in [-0.3, -0.25) is 19.3 Å². The highest BCUT2D eigenvalue weighted by molar-refractivity contribution is 7.98. The van der Waals surface area contributed by atoms with E-state index < -0.39 is 11.8 Å². The molecule has 0 spiro atoms. The minimum atomic E-state index is -0.442. The van der Waals surface area contributed by atoms with Gasteiger partial charge in [0.05, 0.1) is 41.0 Å². The quantitative estimate of drug-likeness (QED) is 0.371. The molecule has 1 aliphatic heterocycles. The molecule has 9 heteroatoms. The van der Waals surface area contributed by atoms with Crippen LogP contribution in [0.25, 0.3) is 11.0 Å². The van der Waals surface area contributed by atoms with Crippen molar-refractivity contribution in [2.75, 3.05) is 12.0 Å². The smallest absolute Gasteiger partial charge is 0.261 e. The van der Waals surface area contributed by atoms with Crippen LogP contribution in [-0.4, -0.2) is 44.6 Å². The average molecular weight is 475 g/mol. The number of benzene rings is 2. The maximum absolute atomic E-state index is 13.1. The second-order valence-corrected chi connectivity index (χ2v) is 8.97. The molecule has 0 saturated heterocycles. The van der Waals surface area contributed by atoms with Crippen LogP contribution in [0.4, 0.5) is 0 Å². The Morgan fingerprint density at radius 3 is 2.71 bits per heavy atom. The van der Waals surface area contributed by atoms with Crippen molar-refractivity contribution in [2.45, 2.75) is 19.0 Å². The molecular formula is C25H22N4O4S. The van der Waals surface area contributed by atoms with Crippen LogP contribution in [0, 0.1) is 0 Å². The number of aromatic nitrogens is 2. The van der Waals surface area contributed by atoms with Crippen molar-refractivity contribution < 1.29 is 18.8 Å². The fourth-order valence-electron chi connectivity index (χ4n) is 4.03. The first kappa shape index (κ1) is 22.0. The number of imidazole rings is 1. The number of nitrogens with zero attached hydrogens (tertiary/aromatic N) is 2. The summed E-state index contributed by atoms with van der Waals surface area (Å²) < 4.78 is 5.27. The number of fused-ring (bicyclic) bond motifs is 2. The van der Waals surface area contributed by atoms with Crippen LogP contribution >= 0.6 is 11.8 Å². The molecule has 0 aliphatic carbocycles. The van der Waals surface area contributed by atoms with Gasteiger partial charge in [-0.25, -0.2) is 4.98 Å². The average Bonchev–Trinajstić information content (AvgIpc) is 3.57. The summed E-state index contributed by atoms with van der Waals surface area (Å²) in [6, 6.07) is 15.4. The van der Waals surface area contributed by atoms with Crippen LogP contribution in [0.2, 0.25) is 0 Å². The number of amides is 3. The summed E-state index contributed by atoms with van der Waals surface area (Å²) in [6.45, 7) is 0.0453. The molecule has 0 radical (unpaired) electrons. The molecule has 1 aliphatic rings. The Morgan fingerprint density at radius 1 is 1.12 bits per heavy atom. The van der Waals surface area contributed by atoms with Crippen LogP contribution in [0.15, 0.2) is 65.3 Å². The molecule has 3 heterocycles. The Labute approximate surface area is 199 Å². The molecule has 2 N–H and O–H groups in total. The summed E-state index contributed by atoms with van der Waals surface area (Å²) in [7, 11) is 0. The van der Waals surface area contributed by atoms with Gasteiger partial charge >= 0.3 is 0 Å². The van der Waals surface area contributed by atoms with Crippen molar-refractivity contribution in [3.8, 4) is 0 Å². The maximum atomic E-state index is 13.1. The van der Waals surface area contributed by atoms with E-state index in [4.69, 9.17) is 4.42 Å². The number of imide groups is 1. The lowest BCUT2D eigenvalue weighted by Crippen LogP contribution is -2.30. The summed E-state index contributed by atoms with van der Waals surface area (Å²) in [5.74, 6) is 0.849. The van der Waals surface area contributed by atoms with Crippen molar-refractivity contribution in [1.82, 2.24) is 20.2 Å². The minimum absolute atomic E-state index is 0.0453. The number of hydrogen-bond donors (Lipinski definition) is 2. The van der Waals surface area contributed by atoms with E-state index in [-0.39, 0.29) is 29.6 Å². The van der Waals surface area contributed by atoms with Gasteiger partial charge in [-0.1, -0.05) is 12.1 Å². The van der Waals surface area contributed by atoms with Gasteiger partial charge < -0.3 is 14.7 Å². The number of carbonyl (C=O) groups excluding carboxylic acids is 3. The molecule has 4 aromatic rings. The second kappa shape index (κ2) is 9.18. The third-order valence-electron chi connectivity index (χ3n) is 5.78. The van der Waals surface area contributed by atoms with Gasteiger partial charge in [0.15, 0.2) is 0 Å². The van der Waals surface area contributed by atoms with Gasteiger partial charge in [0, 0.05) is 5.56 Å². The Kier molecular flexibility index (Phi) is 5.93. The van der Waals surface area contributed by atoms with E-state index in [0.717, 1.165) is 21.7 Å². The topological polar surface area (TPSA) is 108 Å². The standard InChI is InChI=1S/C25H22N4O4S/c1-34-12-10-21(22-26-19-6-2-3-7-20(19)27-22)28-23(30)15-8-9-17-18(13-15)25(32)29(24(17)31)14-16-5-4-11-33-16/h2-9,11,13,21H,10,12,14H2,1H3,(H,26,27)(H,28,30)/t21-/m1/s1. The van der Waals surface area contributed by atoms with Crippen LogP contribution in [-0.2, 0) is 6.54 Å². The van der Waals surface area contributed by atoms with Gasteiger partial charge in [-0.05, 0) is 60.9 Å². The van der Waals surface area contributed by atoms with E-state index in [1.54, 1.807) is 30.0 Å². The van der Waals surface area contributed by atoms with Gasteiger partial charge in [-0.15, -0.1) is 0 Å². The van der Waals surface area contributed by atoms with E-state index >= 15 is 0 Å². The van der Waals surface area contributed by atoms with E-state index in [0.29, 0.717) is 23.6 Å². The van der Waals surface area contributed by atoms with E-state index in [1.165, 1.54) is 18.4 Å². The Bertz CT molecular complexity index is 1350. The van der Waals surface area contributed by atoms with Crippen molar-refractivity contribution >= 4 is 40.5 Å². The lowest BCUT2D eigenvalue weighted by molar-refractivity contribution is 0.0631. The third kappa shape index (κ3) is 4.10. The number of nitrogens with one attached hydrogen (secondary N) is 2. The van der Waals surface area contributed by atoms with Crippen molar-refractivity contribution in [3.63, 3.8) is 0 Å². The van der Waals surface area contributed by atoms with Gasteiger partial charge in [0.2, 0.25) is 0 Å². The lowest BCUT2D eigenvalue weighted by Gasteiger charge is -2.16. The van der Waals surface area contributed by atoms with E-state index in [1.807, 2.05) is 30.5 Å². The fraction of sp³-hybridized carbons (Fsp3) is 0.200. The molecule has 2 aromatic heterocycles. The zero-order valence-electron chi connectivity index (χ0n) is 18.4. The summed E-state index contributed by atoms with van der Waals surface area (Å²) in [6.07, 6.45) is 4.19. The number of thioether (sulfide) groups is 1. The summed E-state index contributed by atoms with van der Waals surface area (Å²) in [5, 5.41) is 3.04. The first-order valence-corrected chi connectivity index (χ1v) is 12.2. The highest BCUT2D eigenvalue weighted by Crippen LogP contribution is 2.27. The molecule has 3 amide bonds. The number of rotatable bonds is 8. The van der Waals surface area contributed by atoms with Crippen LogP contribution in [0.5, 0.6) is 0 Å². The van der Waals surface area contributed by atoms with Crippen LogP contribution in [0.3, 0.4) is 0 Å². The van der Waals surface area contributed by atoms with Gasteiger partial charge in [0.1, 0.15) is 11.6 Å². The number of H-pyrrole nitrogens is 1. The number of hydrogen-bond acceptors (Lipinski definition) is 6. The molecule has 2 aromatic carbocycles. The molecular weight excluding hydrogens is 452 g/mol. The zero-order valence-corrected chi connectivity index (χ0v) is 19.2. The van der Waals surface area contributed by atoms with E-state index in [2.05, 4.69) is 15.3 Å². The Morgan fingerprint density at radius 2 is 1.94 bits per heavy atom. The second-order valence-electron chi connectivity index (χ2n) is 7.98. The number of carbonyl (C=O) groups is 3. The summed E-state index contributed by atoms with van der Waals surface area (Å²) in [4.78, 5) is 47.8. The highest BCUT2D eigenvalue weighted by Gasteiger charge is 2.36. The first-order chi connectivity index (χ1) is 16.5. The highest BCUT2D eigenvalue weighted by atomic mass is 32.2. The fourth-order valence-corrected chi connectivity index (χ4v) is 4.50. The van der Waals surface area contributed by atoms with Crippen LogP contribution < -0.4 is 5.32 Å². The monoisotopic (exact) mass is 474 g/mol.